The van der Waals surface area contributed by atoms with Gasteiger partial charge in [-0.15, -0.1) is 0 Å². The number of methoxy groups -OCH3 is 1. The highest BCUT2D eigenvalue weighted by molar-refractivity contribution is 6.33. The van der Waals surface area contributed by atoms with Crippen LogP contribution in [0.3, 0.4) is 0 Å². The van der Waals surface area contributed by atoms with Gasteiger partial charge in [-0.25, -0.2) is 4.98 Å². The zero-order chi connectivity index (χ0) is 18.8. The van der Waals surface area contributed by atoms with Crippen LogP contribution in [0.1, 0.15) is 21.5 Å². The fourth-order valence-electron chi connectivity index (χ4n) is 3.03. The molecule has 3 rings (SSSR count). The minimum atomic E-state index is -0.710. The Hall–Kier alpha value is -2.15. The molecule has 2 heterocycles. The van der Waals surface area contributed by atoms with Crippen molar-refractivity contribution >= 4 is 40.8 Å². The quantitative estimate of drug-likeness (QED) is 0.637. The summed E-state index contributed by atoms with van der Waals surface area (Å²) < 4.78 is 4.65. The van der Waals surface area contributed by atoms with E-state index in [9.17, 15) is 9.59 Å². The molecule has 0 bridgehead atoms. The molecule has 0 saturated carbocycles. The highest BCUT2D eigenvalue weighted by Crippen LogP contribution is 2.31. The molecule has 0 aliphatic carbocycles. The third-order valence-electron chi connectivity index (χ3n) is 4.25. The monoisotopic (exact) mass is 393 g/mol. The maximum atomic E-state index is 12.8. The SMILES string of the molecule is COC(=O)C(N)Cc1ccc2c(c1)CCN2C(=O)c1cc(Cl)nc(Cl)c1. The van der Waals surface area contributed by atoms with Crippen LogP contribution < -0.4 is 10.6 Å². The lowest BCUT2D eigenvalue weighted by atomic mass is 10.0. The largest absolute Gasteiger partial charge is 0.468 e. The number of rotatable bonds is 4. The van der Waals surface area contributed by atoms with Crippen LogP contribution in [0.15, 0.2) is 30.3 Å². The molecule has 6 nitrogen and oxygen atoms in total. The highest BCUT2D eigenvalue weighted by Gasteiger charge is 2.27. The summed E-state index contributed by atoms with van der Waals surface area (Å²) >= 11 is 11.8. The van der Waals surface area contributed by atoms with E-state index in [2.05, 4.69) is 9.72 Å². The van der Waals surface area contributed by atoms with Crippen LogP contribution in [0.4, 0.5) is 5.69 Å². The van der Waals surface area contributed by atoms with E-state index in [1.165, 1.54) is 19.2 Å². The van der Waals surface area contributed by atoms with Gasteiger partial charge < -0.3 is 15.4 Å². The number of esters is 1. The molecule has 2 aromatic rings. The predicted molar refractivity (Wildman–Crippen MR) is 99.8 cm³/mol. The molecule has 0 fully saturated rings. The molecule has 26 heavy (non-hydrogen) atoms. The Morgan fingerprint density at radius 3 is 2.62 bits per heavy atom. The van der Waals surface area contributed by atoms with E-state index in [0.29, 0.717) is 18.5 Å². The molecule has 1 aliphatic rings. The van der Waals surface area contributed by atoms with Gasteiger partial charge in [-0.2, -0.15) is 0 Å². The summed E-state index contributed by atoms with van der Waals surface area (Å²) in [4.78, 5) is 29.8. The lowest BCUT2D eigenvalue weighted by molar-refractivity contribution is -0.142. The van der Waals surface area contributed by atoms with Crippen molar-refractivity contribution in [2.24, 2.45) is 5.73 Å². The van der Waals surface area contributed by atoms with Crippen LogP contribution in [-0.2, 0) is 22.4 Å². The Kier molecular flexibility index (Phi) is 5.46. The first kappa shape index (κ1) is 18.6. The summed E-state index contributed by atoms with van der Waals surface area (Å²) in [6.07, 6.45) is 1.10. The van der Waals surface area contributed by atoms with Crippen molar-refractivity contribution < 1.29 is 14.3 Å². The van der Waals surface area contributed by atoms with Crippen LogP contribution in [0.25, 0.3) is 0 Å². The number of nitrogens with zero attached hydrogens (tertiary/aromatic N) is 2. The maximum Gasteiger partial charge on any atom is 0.322 e. The number of anilines is 1. The molecule has 1 unspecified atom stereocenters. The number of hydrogen-bond acceptors (Lipinski definition) is 5. The van der Waals surface area contributed by atoms with E-state index < -0.39 is 12.0 Å². The van der Waals surface area contributed by atoms with Crippen LogP contribution >= 0.6 is 23.2 Å². The summed E-state index contributed by atoms with van der Waals surface area (Å²) in [5, 5.41) is 0.347. The van der Waals surface area contributed by atoms with E-state index >= 15 is 0 Å². The van der Waals surface area contributed by atoms with Gasteiger partial charge in [-0.1, -0.05) is 35.3 Å². The number of fused-ring (bicyclic) bond motifs is 1. The van der Waals surface area contributed by atoms with Gasteiger partial charge in [-0.05, 0) is 42.2 Å². The summed E-state index contributed by atoms with van der Waals surface area (Å²) in [5.41, 5.74) is 8.98. The molecular formula is C18H17Cl2N3O3. The zero-order valence-electron chi connectivity index (χ0n) is 14.0. The number of hydrogen-bond donors (Lipinski definition) is 1. The second-order valence-corrected chi connectivity index (χ2v) is 6.78. The molecule has 1 atom stereocenters. The zero-order valence-corrected chi connectivity index (χ0v) is 15.5. The number of aromatic nitrogens is 1. The van der Waals surface area contributed by atoms with Crippen molar-refractivity contribution in [3.8, 4) is 0 Å². The average Bonchev–Trinajstić information content (AvgIpc) is 3.02. The molecule has 1 aromatic heterocycles. The predicted octanol–water partition coefficient (Wildman–Crippen LogP) is 2.63. The van der Waals surface area contributed by atoms with Crippen molar-refractivity contribution in [1.29, 1.82) is 0 Å². The molecule has 0 radical (unpaired) electrons. The van der Waals surface area contributed by atoms with Gasteiger partial charge in [0.2, 0.25) is 0 Å². The van der Waals surface area contributed by atoms with Gasteiger partial charge in [0.1, 0.15) is 16.3 Å². The van der Waals surface area contributed by atoms with Gasteiger partial charge in [0.15, 0.2) is 0 Å². The lowest BCUT2D eigenvalue weighted by Gasteiger charge is -2.18. The Morgan fingerprint density at radius 2 is 1.96 bits per heavy atom. The number of halogens is 2. The molecule has 8 heteroatoms. The Bertz CT molecular complexity index is 853. The first-order chi connectivity index (χ1) is 12.4. The van der Waals surface area contributed by atoms with E-state index in [1.54, 1.807) is 4.90 Å². The van der Waals surface area contributed by atoms with Crippen LogP contribution in [0.5, 0.6) is 0 Å². The third-order valence-corrected chi connectivity index (χ3v) is 4.64. The lowest BCUT2D eigenvalue weighted by Crippen LogP contribution is -2.33. The Morgan fingerprint density at radius 1 is 1.27 bits per heavy atom. The topological polar surface area (TPSA) is 85.5 Å². The Balaban J connectivity index is 1.81. The first-order valence-electron chi connectivity index (χ1n) is 7.99. The van der Waals surface area contributed by atoms with Crippen molar-refractivity contribution in [3.63, 3.8) is 0 Å². The Labute approximate surface area is 160 Å². The molecule has 1 aliphatic heterocycles. The van der Waals surface area contributed by atoms with E-state index in [-0.39, 0.29) is 16.2 Å². The number of benzene rings is 1. The molecule has 136 valence electrons. The fraction of sp³-hybridized carbons (Fsp3) is 0.278. The minimum absolute atomic E-state index is 0.174. The molecule has 1 amide bonds. The number of carbonyl (C=O) groups is 2. The van der Waals surface area contributed by atoms with Gasteiger partial charge >= 0.3 is 5.97 Å². The normalized spacial score (nSPS) is 14.1. The van der Waals surface area contributed by atoms with E-state index in [1.807, 2.05) is 18.2 Å². The van der Waals surface area contributed by atoms with Crippen LogP contribution in [0, 0.1) is 0 Å². The first-order valence-corrected chi connectivity index (χ1v) is 8.75. The molecule has 1 aromatic carbocycles. The third kappa shape index (κ3) is 3.82. The van der Waals surface area contributed by atoms with Gasteiger partial charge in [0, 0.05) is 17.8 Å². The molecule has 2 N–H and O–H groups in total. The summed E-state index contributed by atoms with van der Waals surface area (Å²) in [6.45, 7) is 0.554. The van der Waals surface area contributed by atoms with Crippen LogP contribution in [-0.4, -0.2) is 36.6 Å². The number of ether oxygens (including phenoxy) is 1. The maximum absolute atomic E-state index is 12.8. The summed E-state index contributed by atoms with van der Waals surface area (Å²) in [6, 6.07) is 7.98. The number of amides is 1. The minimum Gasteiger partial charge on any atom is -0.468 e. The van der Waals surface area contributed by atoms with E-state index in [4.69, 9.17) is 28.9 Å². The number of nitrogens with two attached hydrogens (primary N) is 1. The van der Waals surface area contributed by atoms with E-state index in [0.717, 1.165) is 23.2 Å². The molecule has 0 spiro atoms. The smallest absolute Gasteiger partial charge is 0.322 e. The van der Waals surface area contributed by atoms with Gasteiger partial charge in [-0.3, -0.25) is 9.59 Å². The van der Waals surface area contributed by atoms with Crippen LogP contribution in [0.2, 0.25) is 10.3 Å². The van der Waals surface area contributed by atoms with Crippen molar-refractivity contribution in [1.82, 2.24) is 4.98 Å². The van der Waals surface area contributed by atoms with Crippen molar-refractivity contribution in [3.05, 3.63) is 57.3 Å². The second-order valence-electron chi connectivity index (χ2n) is 6.00. The number of carbonyl (C=O) groups excluding carboxylic acids is 2. The van der Waals surface area contributed by atoms with Gasteiger partial charge in [0.05, 0.1) is 7.11 Å². The van der Waals surface area contributed by atoms with Gasteiger partial charge in [0.25, 0.3) is 5.91 Å². The highest BCUT2D eigenvalue weighted by atomic mass is 35.5. The fourth-order valence-corrected chi connectivity index (χ4v) is 3.49. The molecular weight excluding hydrogens is 377 g/mol. The average molecular weight is 394 g/mol. The second kappa shape index (κ2) is 7.61. The summed E-state index contributed by atoms with van der Waals surface area (Å²) in [5.74, 6) is -0.636. The van der Waals surface area contributed by atoms with Crippen molar-refractivity contribution in [2.45, 2.75) is 18.9 Å². The standard InChI is InChI=1S/C18H17Cl2N3O3/c1-26-18(25)13(21)7-10-2-3-14-11(6-10)4-5-23(14)17(24)12-8-15(19)22-16(20)9-12/h2-3,6,8-9,13H,4-5,7,21H2,1H3. The molecule has 0 saturated heterocycles. The number of pyridine rings is 1. The summed E-state index contributed by atoms with van der Waals surface area (Å²) in [7, 11) is 1.31. The van der Waals surface area contributed by atoms with Crippen molar-refractivity contribution in [2.75, 3.05) is 18.6 Å².